The molecule has 0 bridgehead atoms. The van der Waals surface area contributed by atoms with Gasteiger partial charge in [-0.3, -0.25) is 4.90 Å². The molecule has 1 atom stereocenters. The Labute approximate surface area is 178 Å². The molecule has 9 heteroatoms. The van der Waals surface area contributed by atoms with Gasteiger partial charge in [0.15, 0.2) is 5.75 Å². The molecule has 1 aliphatic heterocycles. The summed E-state index contributed by atoms with van der Waals surface area (Å²) in [4.78, 5) is 17.1. The Balaban J connectivity index is 2.10. The van der Waals surface area contributed by atoms with E-state index < -0.39 is 17.8 Å². The number of azide groups is 1. The van der Waals surface area contributed by atoms with Crippen molar-refractivity contribution in [1.29, 1.82) is 0 Å². The van der Waals surface area contributed by atoms with Crippen LogP contribution in [0, 0.1) is 0 Å². The van der Waals surface area contributed by atoms with Crippen LogP contribution in [0.1, 0.15) is 20.8 Å². The van der Waals surface area contributed by atoms with Crippen molar-refractivity contribution < 1.29 is 14.3 Å². The first-order chi connectivity index (χ1) is 13.7. The SMILES string of the molecule is CC(C)(C)OC(=O)N1C[C@@H](CN=[N+]=[N-])Oc2c(-c3ccc(Cl)cc3Cl)cccc21. The summed E-state index contributed by atoms with van der Waals surface area (Å²) in [6.07, 6.45) is -1.04. The highest BCUT2D eigenvalue weighted by Gasteiger charge is 2.34. The van der Waals surface area contributed by atoms with Gasteiger partial charge in [0.05, 0.1) is 23.8 Å². The lowest BCUT2D eigenvalue weighted by Crippen LogP contribution is -2.46. The second kappa shape index (κ2) is 8.41. The molecular weight excluding hydrogens is 415 g/mol. The van der Waals surface area contributed by atoms with E-state index in [1.807, 2.05) is 12.1 Å². The van der Waals surface area contributed by atoms with E-state index in [1.165, 1.54) is 4.90 Å². The van der Waals surface area contributed by atoms with Crippen LogP contribution in [-0.2, 0) is 4.74 Å². The van der Waals surface area contributed by atoms with Gasteiger partial charge >= 0.3 is 6.09 Å². The molecule has 0 aromatic heterocycles. The number of ether oxygens (including phenoxy) is 2. The summed E-state index contributed by atoms with van der Waals surface area (Å²) in [6, 6.07) is 10.6. The van der Waals surface area contributed by atoms with Gasteiger partial charge in [-0.25, -0.2) is 4.79 Å². The zero-order valence-electron chi connectivity index (χ0n) is 16.2. The number of para-hydroxylation sites is 1. The number of rotatable bonds is 3. The lowest BCUT2D eigenvalue weighted by atomic mass is 10.0. The molecular formula is C20H20Cl2N4O3. The Morgan fingerprint density at radius 2 is 2.07 bits per heavy atom. The molecule has 2 aromatic carbocycles. The van der Waals surface area contributed by atoms with Crippen molar-refractivity contribution in [2.24, 2.45) is 5.11 Å². The summed E-state index contributed by atoms with van der Waals surface area (Å²) in [5, 5.41) is 4.57. The summed E-state index contributed by atoms with van der Waals surface area (Å²) in [6.45, 7) is 5.66. The number of hydrogen-bond acceptors (Lipinski definition) is 4. The number of halogens is 2. The van der Waals surface area contributed by atoms with Crippen molar-refractivity contribution >= 4 is 35.0 Å². The molecule has 0 N–H and O–H groups in total. The Morgan fingerprint density at radius 3 is 2.72 bits per heavy atom. The predicted octanol–water partition coefficient (Wildman–Crippen LogP) is 6.47. The monoisotopic (exact) mass is 434 g/mol. The fourth-order valence-electron chi connectivity index (χ4n) is 3.00. The van der Waals surface area contributed by atoms with Crippen LogP contribution in [0.3, 0.4) is 0 Å². The molecule has 1 heterocycles. The van der Waals surface area contributed by atoms with Crippen LogP contribution < -0.4 is 9.64 Å². The van der Waals surface area contributed by atoms with Gasteiger partial charge in [0.2, 0.25) is 0 Å². The summed E-state index contributed by atoms with van der Waals surface area (Å²) in [7, 11) is 0. The highest BCUT2D eigenvalue weighted by molar-refractivity contribution is 6.36. The topological polar surface area (TPSA) is 87.5 Å². The standard InChI is InChI=1S/C20H20Cl2N4O3/c1-20(2,3)29-19(27)26-11-13(10-24-25-23)28-18-15(5-4-6-17(18)26)14-8-7-12(21)9-16(14)22/h4-9,13H,10-11H2,1-3H3/t13-/m1/s1. The van der Waals surface area contributed by atoms with Crippen molar-refractivity contribution in [2.75, 3.05) is 18.0 Å². The molecule has 0 spiro atoms. The van der Waals surface area contributed by atoms with Gasteiger partial charge < -0.3 is 9.47 Å². The maximum absolute atomic E-state index is 12.9. The number of fused-ring (bicyclic) bond motifs is 1. The van der Waals surface area contributed by atoms with Crippen LogP contribution >= 0.6 is 23.2 Å². The Bertz CT molecular complexity index is 984. The Kier molecular flexibility index (Phi) is 6.13. The van der Waals surface area contributed by atoms with Crippen molar-refractivity contribution in [3.05, 3.63) is 56.9 Å². The minimum Gasteiger partial charge on any atom is -0.486 e. The van der Waals surface area contributed by atoms with E-state index in [-0.39, 0.29) is 13.1 Å². The van der Waals surface area contributed by atoms with Gasteiger partial charge in [0.1, 0.15) is 11.7 Å². The summed E-state index contributed by atoms with van der Waals surface area (Å²) < 4.78 is 11.7. The van der Waals surface area contributed by atoms with E-state index in [1.54, 1.807) is 45.0 Å². The van der Waals surface area contributed by atoms with Gasteiger partial charge in [-0.15, -0.1) is 0 Å². The van der Waals surface area contributed by atoms with Gasteiger partial charge in [0.25, 0.3) is 0 Å². The number of nitrogens with zero attached hydrogens (tertiary/aromatic N) is 4. The molecule has 0 saturated heterocycles. The second-order valence-corrected chi connectivity index (χ2v) is 8.37. The summed E-state index contributed by atoms with van der Waals surface area (Å²) in [5.74, 6) is 0.465. The van der Waals surface area contributed by atoms with Crippen LogP contribution in [0.25, 0.3) is 21.6 Å². The first-order valence-corrected chi connectivity index (χ1v) is 9.71. The fourth-order valence-corrected chi connectivity index (χ4v) is 3.51. The number of hydrogen-bond donors (Lipinski definition) is 0. The molecule has 152 valence electrons. The Hall–Kier alpha value is -2.60. The fraction of sp³-hybridized carbons (Fsp3) is 0.350. The Morgan fingerprint density at radius 1 is 1.31 bits per heavy atom. The molecule has 0 unspecified atom stereocenters. The largest absolute Gasteiger partial charge is 0.486 e. The number of carbonyl (C=O) groups is 1. The van der Waals surface area contributed by atoms with Crippen LogP contribution in [0.5, 0.6) is 5.75 Å². The van der Waals surface area contributed by atoms with E-state index in [2.05, 4.69) is 10.0 Å². The number of amides is 1. The molecule has 29 heavy (non-hydrogen) atoms. The maximum Gasteiger partial charge on any atom is 0.415 e. The molecule has 0 aliphatic carbocycles. The van der Waals surface area contributed by atoms with Crippen LogP contribution in [0.2, 0.25) is 10.0 Å². The lowest BCUT2D eigenvalue weighted by Gasteiger charge is -2.36. The van der Waals surface area contributed by atoms with E-state index in [0.717, 1.165) is 0 Å². The van der Waals surface area contributed by atoms with Crippen molar-refractivity contribution in [2.45, 2.75) is 32.5 Å². The first-order valence-electron chi connectivity index (χ1n) is 8.96. The lowest BCUT2D eigenvalue weighted by molar-refractivity contribution is 0.0550. The third-order valence-corrected chi connectivity index (χ3v) is 4.69. The van der Waals surface area contributed by atoms with E-state index >= 15 is 0 Å². The average molecular weight is 435 g/mol. The van der Waals surface area contributed by atoms with Crippen molar-refractivity contribution in [3.63, 3.8) is 0 Å². The highest BCUT2D eigenvalue weighted by atomic mass is 35.5. The minimum atomic E-state index is -0.660. The molecule has 2 aromatic rings. The van der Waals surface area contributed by atoms with Gasteiger partial charge in [-0.05, 0) is 44.5 Å². The zero-order chi connectivity index (χ0) is 21.2. The molecule has 1 aliphatic rings. The van der Waals surface area contributed by atoms with Crippen LogP contribution in [-0.4, -0.2) is 30.9 Å². The smallest absolute Gasteiger partial charge is 0.415 e. The maximum atomic E-state index is 12.9. The third-order valence-electron chi connectivity index (χ3n) is 4.14. The number of benzene rings is 2. The van der Waals surface area contributed by atoms with Crippen molar-refractivity contribution in [1.82, 2.24) is 0 Å². The average Bonchev–Trinajstić information content (AvgIpc) is 2.64. The number of anilines is 1. The minimum absolute atomic E-state index is 0.0674. The summed E-state index contributed by atoms with van der Waals surface area (Å²) in [5.41, 5.74) is 9.99. The first kappa shape index (κ1) is 21.1. The summed E-state index contributed by atoms with van der Waals surface area (Å²) >= 11 is 12.4. The van der Waals surface area contributed by atoms with E-state index in [9.17, 15) is 4.79 Å². The normalized spacial score (nSPS) is 15.8. The zero-order valence-corrected chi connectivity index (χ0v) is 17.7. The third kappa shape index (κ3) is 4.88. The van der Waals surface area contributed by atoms with Gasteiger partial charge in [0, 0.05) is 21.1 Å². The molecule has 1 amide bonds. The van der Waals surface area contributed by atoms with Crippen LogP contribution in [0.15, 0.2) is 41.5 Å². The molecule has 0 fully saturated rings. The highest BCUT2D eigenvalue weighted by Crippen LogP contribution is 2.44. The van der Waals surface area contributed by atoms with Gasteiger partial charge in [-0.2, -0.15) is 0 Å². The van der Waals surface area contributed by atoms with E-state index in [0.29, 0.717) is 32.6 Å². The van der Waals surface area contributed by atoms with E-state index in [4.69, 9.17) is 38.2 Å². The molecule has 7 nitrogen and oxygen atoms in total. The second-order valence-electron chi connectivity index (χ2n) is 7.52. The predicted molar refractivity (Wildman–Crippen MR) is 114 cm³/mol. The number of carbonyl (C=O) groups excluding carboxylic acids is 1. The molecule has 0 radical (unpaired) electrons. The van der Waals surface area contributed by atoms with Crippen molar-refractivity contribution in [3.8, 4) is 16.9 Å². The van der Waals surface area contributed by atoms with Gasteiger partial charge in [-0.1, -0.05) is 46.5 Å². The van der Waals surface area contributed by atoms with Crippen LogP contribution in [0.4, 0.5) is 10.5 Å². The molecule has 0 saturated carbocycles. The quantitative estimate of drug-likeness (QED) is 0.314. The molecule has 3 rings (SSSR count).